The monoisotopic (exact) mass is 352 g/mol. The van der Waals surface area contributed by atoms with Crippen molar-refractivity contribution < 1.29 is 9.34 Å². The summed E-state index contributed by atoms with van der Waals surface area (Å²) in [6.45, 7) is 1.28. The van der Waals surface area contributed by atoms with Crippen molar-refractivity contribution in [3.8, 4) is 0 Å². The highest BCUT2D eigenvalue weighted by molar-refractivity contribution is 7.98. The van der Waals surface area contributed by atoms with E-state index in [1.54, 1.807) is 23.7 Å². The van der Waals surface area contributed by atoms with Crippen LogP contribution in [0, 0.1) is 10.1 Å². The molecule has 22 heavy (non-hydrogen) atoms. The second-order valence-corrected chi connectivity index (χ2v) is 6.33. The Hall–Kier alpha value is -0.800. The Morgan fingerprint density at radius 1 is 1.36 bits per heavy atom. The fourth-order valence-corrected chi connectivity index (χ4v) is 2.65. The van der Waals surface area contributed by atoms with Gasteiger partial charge in [-0.25, -0.2) is 0 Å². The summed E-state index contributed by atoms with van der Waals surface area (Å²) in [4.78, 5) is 13.9. The lowest BCUT2D eigenvalue weighted by molar-refractivity contribution is -0.486. The van der Waals surface area contributed by atoms with Gasteiger partial charge in [0.1, 0.15) is 17.7 Å². The molecular formula is C13H25ClN4O3S. The SMILES string of the molecule is CN(C)Cc1ccc(CSCCN(C)C(N)C[N+](=O)[O-])o1.Cl. The van der Waals surface area contributed by atoms with Gasteiger partial charge in [-0.3, -0.25) is 15.0 Å². The molecule has 0 amide bonds. The molecule has 1 atom stereocenters. The first-order valence-electron chi connectivity index (χ1n) is 6.76. The molecule has 1 aromatic heterocycles. The zero-order valence-electron chi connectivity index (χ0n) is 13.2. The summed E-state index contributed by atoms with van der Waals surface area (Å²) in [6, 6.07) is 3.99. The van der Waals surface area contributed by atoms with E-state index >= 15 is 0 Å². The summed E-state index contributed by atoms with van der Waals surface area (Å²) in [5.74, 6) is 3.56. The highest BCUT2D eigenvalue weighted by Crippen LogP contribution is 2.16. The third-order valence-electron chi connectivity index (χ3n) is 2.92. The maximum Gasteiger partial charge on any atom is 0.231 e. The number of furan rings is 1. The van der Waals surface area contributed by atoms with Gasteiger partial charge in [0.2, 0.25) is 6.54 Å². The molecule has 1 unspecified atom stereocenters. The van der Waals surface area contributed by atoms with Crippen molar-refractivity contribution in [3.05, 3.63) is 33.8 Å². The van der Waals surface area contributed by atoms with Gasteiger partial charge in [0.15, 0.2) is 0 Å². The number of halogens is 1. The highest BCUT2D eigenvalue weighted by atomic mass is 35.5. The topological polar surface area (TPSA) is 88.8 Å². The number of nitrogens with zero attached hydrogens (tertiary/aromatic N) is 3. The predicted molar refractivity (Wildman–Crippen MR) is 92.0 cm³/mol. The van der Waals surface area contributed by atoms with Crippen LogP contribution >= 0.6 is 24.2 Å². The van der Waals surface area contributed by atoms with E-state index in [4.69, 9.17) is 10.2 Å². The molecule has 0 fully saturated rings. The predicted octanol–water partition coefficient (Wildman–Crippen LogP) is 1.49. The molecule has 1 heterocycles. The van der Waals surface area contributed by atoms with Gasteiger partial charge in [-0.1, -0.05) is 0 Å². The van der Waals surface area contributed by atoms with Gasteiger partial charge in [-0.2, -0.15) is 11.8 Å². The molecule has 9 heteroatoms. The van der Waals surface area contributed by atoms with Gasteiger partial charge in [0, 0.05) is 17.2 Å². The van der Waals surface area contributed by atoms with E-state index in [9.17, 15) is 10.1 Å². The summed E-state index contributed by atoms with van der Waals surface area (Å²) >= 11 is 1.73. The van der Waals surface area contributed by atoms with Crippen LogP contribution < -0.4 is 5.73 Å². The molecule has 1 aromatic rings. The van der Waals surface area contributed by atoms with E-state index in [2.05, 4.69) is 4.90 Å². The summed E-state index contributed by atoms with van der Waals surface area (Å²) in [7, 11) is 5.80. The Balaban J connectivity index is 0.00000441. The van der Waals surface area contributed by atoms with Crippen LogP contribution in [0.5, 0.6) is 0 Å². The van der Waals surface area contributed by atoms with E-state index in [0.29, 0.717) is 6.54 Å². The normalized spacial score (nSPS) is 12.5. The molecule has 0 aromatic carbocycles. The summed E-state index contributed by atoms with van der Waals surface area (Å²) in [5, 5.41) is 10.4. The van der Waals surface area contributed by atoms with Crippen LogP contribution in [0.25, 0.3) is 0 Å². The molecule has 0 aliphatic carbocycles. The van der Waals surface area contributed by atoms with Crippen molar-refractivity contribution in [3.63, 3.8) is 0 Å². The van der Waals surface area contributed by atoms with Crippen LogP contribution in [0.3, 0.4) is 0 Å². The number of thioether (sulfide) groups is 1. The van der Waals surface area contributed by atoms with Crippen molar-refractivity contribution in [1.29, 1.82) is 0 Å². The first-order valence-corrected chi connectivity index (χ1v) is 7.91. The maximum absolute atomic E-state index is 10.4. The van der Waals surface area contributed by atoms with Crippen LogP contribution in [-0.2, 0) is 12.3 Å². The second-order valence-electron chi connectivity index (χ2n) is 5.22. The number of rotatable bonds is 10. The average Bonchev–Trinajstić information content (AvgIpc) is 2.80. The number of hydrogen-bond donors (Lipinski definition) is 1. The number of hydrogen-bond acceptors (Lipinski definition) is 7. The van der Waals surface area contributed by atoms with Gasteiger partial charge in [0.05, 0.1) is 12.3 Å². The molecule has 128 valence electrons. The molecule has 2 N–H and O–H groups in total. The zero-order valence-corrected chi connectivity index (χ0v) is 14.9. The van der Waals surface area contributed by atoms with E-state index in [1.807, 2.05) is 26.2 Å². The number of nitro groups is 1. The summed E-state index contributed by atoms with van der Waals surface area (Å²) in [5.41, 5.74) is 5.71. The number of nitrogens with two attached hydrogens (primary N) is 1. The average molecular weight is 353 g/mol. The van der Waals surface area contributed by atoms with Crippen molar-refractivity contribution in [2.75, 3.05) is 40.0 Å². The van der Waals surface area contributed by atoms with E-state index in [0.717, 1.165) is 29.6 Å². The Bertz CT molecular complexity index is 445. The molecule has 0 radical (unpaired) electrons. The van der Waals surface area contributed by atoms with Gasteiger partial charge in [-0.15, -0.1) is 12.4 Å². The standard InChI is InChI=1S/C13H24N4O3S.ClH/c1-15(2)8-11-4-5-12(20-11)10-21-7-6-16(3)13(14)9-17(18)19;/h4-5,13H,6-10,14H2,1-3H3;1H. The Kier molecular flexibility index (Phi) is 10.5. The van der Waals surface area contributed by atoms with Gasteiger partial charge < -0.3 is 15.1 Å². The Labute approximate surface area is 141 Å². The fourth-order valence-electron chi connectivity index (χ4n) is 1.74. The van der Waals surface area contributed by atoms with Gasteiger partial charge in [0.25, 0.3) is 0 Å². The van der Waals surface area contributed by atoms with Gasteiger partial charge >= 0.3 is 0 Å². The third kappa shape index (κ3) is 8.60. The minimum Gasteiger partial charge on any atom is -0.464 e. The summed E-state index contributed by atoms with van der Waals surface area (Å²) < 4.78 is 5.71. The largest absolute Gasteiger partial charge is 0.464 e. The molecule has 0 saturated heterocycles. The van der Waals surface area contributed by atoms with E-state index in [-0.39, 0.29) is 23.9 Å². The fraction of sp³-hybridized carbons (Fsp3) is 0.692. The van der Waals surface area contributed by atoms with Crippen LogP contribution in [0.15, 0.2) is 16.5 Å². The van der Waals surface area contributed by atoms with Crippen LogP contribution in [0.4, 0.5) is 0 Å². The third-order valence-corrected chi connectivity index (χ3v) is 3.88. The number of likely N-dealkylation sites (N-methyl/N-ethyl adjacent to an activating group) is 1. The lowest BCUT2D eigenvalue weighted by Gasteiger charge is -2.20. The first kappa shape index (κ1) is 21.2. The Morgan fingerprint density at radius 2 is 2.00 bits per heavy atom. The second kappa shape index (κ2) is 10.8. The molecule has 0 aliphatic rings. The lowest BCUT2D eigenvalue weighted by Crippen LogP contribution is -2.45. The summed E-state index contributed by atoms with van der Waals surface area (Å²) in [6.07, 6.45) is -0.532. The van der Waals surface area contributed by atoms with Crippen LogP contribution in [0.1, 0.15) is 11.5 Å². The van der Waals surface area contributed by atoms with Crippen molar-refractivity contribution >= 4 is 24.2 Å². The molecule has 0 saturated carbocycles. The van der Waals surface area contributed by atoms with Crippen LogP contribution in [-0.4, -0.2) is 60.9 Å². The molecule has 0 spiro atoms. The maximum atomic E-state index is 10.4. The van der Waals surface area contributed by atoms with Gasteiger partial charge in [-0.05, 0) is 33.3 Å². The molecule has 0 aliphatic heterocycles. The minimum atomic E-state index is -0.532. The van der Waals surface area contributed by atoms with Crippen molar-refractivity contribution in [2.45, 2.75) is 18.5 Å². The zero-order chi connectivity index (χ0) is 15.8. The smallest absolute Gasteiger partial charge is 0.231 e. The van der Waals surface area contributed by atoms with Crippen LogP contribution in [0.2, 0.25) is 0 Å². The highest BCUT2D eigenvalue weighted by Gasteiger charge is 2.15. The van der Waals surface area contributed by atoms with E-state index in [1.165, 1.54) is 0 Å². The van der Waals surface area contributed by atoms with Crippen molar-refractivity contribution in [2.24, 2.45) is 5.73 Å². The quantitative estimate of drug-likeness (QED) is 0.295. The molecular weight excluding hydrogens is 328 g/mol. The molecule has 1 rings (SSSR count). The minimum absolute atomic E-state index is 0. The van der Waals surface area contributed by atoms with E-state index < -0.39 is 6.17 Å². The Morgan fingerprint density at radius 3 is 2.59 bits per heavy atom. The lowest BCUT2D eigenvalue weighted by atomic mass is 10.4. The molecule has 0 bridgehead atoms. The first-order chi connectivity index (χ1) is 9.88. The molecule has 7 nitrogen and oxygen atoms in total. The van der Waals surface area contributed by atoms with Crippen molar-refractivity contribution in [1.82, 2.24) is 9.80 Å².